The molecule has 3 rings (SSSR count). The molecule has 0 radical (unpaired) electrons. The molecule has 2 nitrogen and oxygen atoms in total. The van der Waals surface area contributed by atoms with E-state index < -0.39 is 0 Å². The van der Waals surface area contributed by atoms with Crippen molar-refractivity contribution in [3.63, 3.8) is 0 Å². The molecule has 0 N–H and O–H groups in total. The van der Waals surface area contributed by atoms with Crippen molar-refractivity contribution in [3.05, 3.63) is 23.5 Å². The molecule has 0 aromatic carbocycles. The van der Waals surface area contributed by atoms with Gasteiger partial charge in [0.25, 0.3) is 0 Å². The fraction of sp³-hybridized carbons (Fsp3) is 0.667. The van der Waals surface area contributed by atoms with Gasteiger partial charge < -0.3 is 4.57 Å². The summed E-state index contributed by atoms with van der Waals surface area (Å²) >= 11 is 0. The maximum Gasteiger partial charge on any atom is 0.164 e. The van der Waals surface area contributed by atoms with E-state index >= 15 is 0 Å². The summed E-state index contributed by atoms with van der Waals surface area (Å²) < 4.78 is 2.43. The molecule has 0 atom stereocenters. The number of rotatable bonds is 1. The van der Waals surface area contributed by atoms with Gasteiger partial charge in [0.05, 0.1) is 0 Å². The Hall–Kier alpha value is -1.05. The van der Waals surface area contributed by atoms with Gasteiger partial charge in [-0.1, -0.05) is 25.7 Å². The standard InChI is InChI=1S/C15H21NO/c17-15-9-5-8-14-13(15)10-11-16(14)12-6-3-1-2-4-7-12/h10-12H,1-9H2. The lowest BCUT2D eigenvalue weighted by atomic mass is 9.96. The van der Waals surface area contributed by atoms with Gasteiger partial charge in [0.1, 0.15) is 0 Å². The summed E-state index contributed by atoms with van der Waals surface area (Å²) in [5.74, 6) is 0.360. The third kappa shape index (κ3) is 2.05. The van der Waals surface area contributed by atoms with Crippen LogP contribution in [0.4, 0.5) is 0 Å². The van der Waals surface area contributed by atoms with Crippen LogP contribution in [-0.2, 0) is 6.42 Å². The molecule has 1 fully saturated rings. The molecule has 1 aromatic rings. The SMILES string of the molecule is O=C1CCCc2c1ccn2C1CCCCCC1. The maximum absolute atomic E-state index is 11.8. The fourth-order valence-corrected chi connectivity index (χ4v) is 3.43. The summed E-state index contributed by atoms with van der Waals surface area (Å²) in [7, 11) is 0. The van der Waals surface area contributed by atoms with Crippen molar-refractivity contribution in [3.8, 4) is 0 Å². The molecule has 92 valence electrons. The molecule has 0 saturated heterocycles. The summed E-state index contributed by atoms with van der Waals surface area (Å²) in [6.07, 6.45) is 13.2. The van der Waals surface area contributed by atoms with Gasteiger partial charge in [0.2, 0.25) is 0 Å². The molecule has 0 amide bonds. The first-order valence-electron chi connectivity index (χ1n) is 7.09. The lowest BCUT2D eigenvalue weighted by molar-refractivity contribution is 0.0971. The van der Waals surface area contributed by atoms with Crippen LogP contribution in [0.3, 0.4) is 0 Å². The minimum Gasteiger partial charge on any atom is -0.348 e. The second kappa shape index (κ2) is 4.67. The zero-order valence-electron chi connectivity index (χ0n) is 10.5. The fourth-order valence-electron chi connectivity index (χ4n) is 3.43. The van der Waals surface area contributed by atoms with Crippen LogP contribution in [-0.4, -0.2) is 10.4 Å². The van der Waals surface area contributed by atoms with E-state index in [1.807, 2.05) is 0 Å². The smallest absolute Gasteiger partial charge is 0.164 e. The first-order chi connectivity index (χ1) is 8.36. The Morgan fingerprint density at radius 1 is 1.00 bits per heavy atom. The number of hydrogen-bond donors (Lipinski definition) is 0. The number of ketones is 1. The Kier molecular flexibility index (Phi) is 3.04. The van der Waals surface area contributed by atoms with Gasteiger partial charge in [-0.3, -0.25) is 4.79 Å². The summed E-state index contributed by atoms with van der Waals surface area (Å²) in [5.41, 5.74) is 2.34. The van der Waals surface area contributed by atoms with E-state index in [2.05, 4.69) is 16.8 Å². The summed E-state index contributed by atoms with van der Waals surface area (Å²) in [6.45, 7) is 0. The molecule has 1 saturated carbocycles. The number of hydrogen-bond acceptors (Lipinski definition) is 1. The second-order valence-electron chi connectivity index (χ2n) is 5.51. The molecule has 17 heavy (non-hydrogen) atoms. The molecule has 1 aromatic heterocycles. The van der Waals surface area contributed by atoms with Gasteiger partial charge in [-0.15, -0.1) is 0 Å². The van der Waals surface area contributed by atoms with Gasteiger partial charge in [-0.25, -0.2) is 0 Å². The van der Waals surface area contributed by atoms with Gasteiger partial charge in [-0.05, 0) is 31.7 Å². The Labute approximate surface area is 103 Å². The van der Waals surface area contributed by atoms with Crippen molar-refractivity contribution >= 4 is 5.78 Å². The van der Waals surface area contributed by atoms with Crippen molar-refractivity contribution in [1.82, 2.24) is 4.57 Å². The predicted octanol–water partition coefficient (Wildman–Crippen LogP) is 3.90. The van der Waals surface area contributed by atoms with Gasteiger partial charge in [-0.2, -0.15) is 0 Å². The number of aromatic nitrogens is 1. The third-order valence-corrected chi connectivity index (χ3v) is 4.36. The Balaban J connectivity index is 1.89. The van der Waals surface area contributed by atoms with Crippen LogP contribution in [0.5, 0.6) is 0 Å². The first kappa shape index (κ1) is 11.1. The average molecular weight is 231 g/mol. The predicted molar refractivity (Wildman–Crippen MR) is 68.4 cm³/mol. The van der Waals surface area contributed by atoms with E-state index in [4.69, 9.17) is 0 Å². The Morgan fingerprint density at radius 3 is 2.53 bits per heavy atom. The van der Waals surface area contributed by atoms with E-state index in [9.17, 15) is 4.79 Å². The van der Waals surface area contributed by atoms with Crippen LogP contribution >= 0.6 is 0 Å². The van der Waals surface area contributed by atoms with E-state index in [0.29, 0.717) is 11.8 Å². The van der Waals surface area contributed by atoms with Crippen molar-refractivity contribution in [2.75, 3.05) is 0 Å². The zero-order chi connectivity index (χ0) is 11.7. The van der Waals surface area contributed by atoms with Crippen molar-refractivity contribution in [1.29, 1.82) is 0 Å². The molecule has 2 aliphatic rings. The van der Waals surface area contributed by atoms with E-state index in [0.717, 1.165) is 24.8 Å². The quantitative estimate of drug-likeness (QED) is 0.672. The van der Waals surface area contributed by atoms with Gasteiger partial charge in [0.15, 0.2) is 5.78 Å². The molecular formula is C15H21NO. The monoisotopic (exact) mass is 231 g/mol. The lowest BCUT2D eigenvalue weighted by Gasteiger charge is -2.22. The lowest BCUT2D eigenvalue weighted by Crippen LogP contribution is -2.16. The normalized spacial score (nSPS) is 22.2. The van der Waals surface area contributed by atoms with E-state index in [1.165, 1.54) is 44.2 Å². The molecule has 0 unspecified atom stereocenters. The topological polar surface area (TPSA) is 22.0 Å². The summed E-state index contributed by atoms with van der Waals surface area (Å²) in [5, 5.41) is 0. The van der Waals surface area contributed by atoms with Crippen molar-refractivity contribution in [2.45, 2.75) is 63.8 Å². The van der Waals surface area contributed by atoms with Crippen molar-refractivity contribution in [2.24, 2.45) is 0 Å². The van der Waals surface area contributed by atoms with Gasteiger partial charge in [0, 0.05) is 29.9 Å². The highest BCUT2D eigenvalue weighted by atomic mass is 16.1. The minimum atomic E-state index is 0.360. The summed E-state index contributed by atoms with van der Waals surface area (Å²) in [6, 6.07) is 2.72. The number of Topliss-reactive ketones (excluding diaryl/α,β-unsaturated/α-hetero) is 1. The van der Waals surface area contributed by atoms with Crippen LogP contribution in [0.25, 0.3) is 0 Å². The Bertz CT molecular complexity index is 411. The van der Waals surface area contributed by atoms with E-state index in [-0.39, 0.29) is 0 Å². The average Bonchev–Trinajstić information content (AvgIpc) is 2.59. The van der Waals surface area contributed by atoms with Crippen molar-refractivity contribution < 1.29 is 4.79 Å². The largest absolute Gasteiger partial charge is 0.348 e. The number of fused-ring (bicyclic) bond motifs is 1. The molecule has 2 aliphatic carbocycles. The number of nitrogens with zero attached hydrogens (tertiary/aromatic N) is 1. The number of carbonyl (C=O) groups excluding carboxylic acids is 1. The zero-order valence-corrected chi connectivity index (χ0v) is 10.5. The van der Waals surface area contributed by atoms with Crippen LogP contribution in [0.1, 0.15) is 73.5 Å². The van der Waals surface area contributed by atoms with Crippen LogP contribution in [0.2, 0.25) is 0 Å². The van der Waals surface area contributed by atoms with Gasteiger partial charge >= 0.3 is 0 Å². The number of carbonyl (C=O) groups is 1. The highest BCUT2D eigenvalue weighted by molar-refractivity contribution is 5.98. The highest BCUT2D eigenvalue weighted by Gasteiger charge is 2.24. The van der Waals surface area contributed by atoms with Crippen LogP contribution < -0.4 is 0 Å². The second-order valence-corrected chi connectivity index (χ2v) is 5.51. The summed E-state index contributed by atoms with van der Waals surface area (Å²) in [4.78, 5) is 11.8. The Morgan fingerprint density at radius 2 is 1.76 bits per heavy atom. The first-order valence-corrected chi connectivity index (χ1v) is 7.09. The maximum atomic E-state index is 11.8. The van der Waals surface area contributed by atoms with Crippen LogP contribution in [0, 0.1) is 0 Å². The minimum absolute atomic E-state index is 0.360. The molecule has 1 heterocycles. The van der Waals surface area contributed by atoms with Crippen LogP contribution in [0.15, 0.2) is 12.3 Å². The highest BCUT2D eigenvalue weighted by Crippen LogP contribution is 2.32. The van der Waals surface area contributed by atoms with E-state index in [1.54, 1.807) is 0 Å². The third-order valence-electron chi connectivity index (χ3n) is 4.36. The molecular weight excluding hydrogens is 210 g/mol. The molecule has 0 spiro atoms. The molecule has 0 bridgehead atoms. The molecule has 2 heteroatoms. The molecule has 0 aliphatic heterocycles.